The van der Waals surface area contributed by atoms with Crippen LogP contribution in [0.4, 0.5) is 11.4 Å². The van der Waals surface area contributed by atoms with Gasteiger partial charge in [0.2, 0.25) is 0 Å². The lowest BCUT2D eigenvalue weighted by molar-refractivity contribution is 0.0686. The molecule has 0 amide bonds. The zero-order valence-electron chi connectivity index (χ0n) is 11.7. The Labute approximate surface area is 156 Å². The molecule has 2 aromatic rings. The minimum absolute atomic E-state index is 0.0203. The van der Waals surface area contributed by atoms with Gasteiger partial charge >= 0.3 is 11.9 Å². The molecule has 0 aromatic heterocycles. The maximum Gasteiger partial charge on any atom is 0.337 e. The summed E-state index contributed by atoms with van der Waals surface area (Å²) in [5.74, 6) is -2.29. The van der Waals surface area contributed by atoms with Gasteiger partial charge in [0.05, 0.1) is 32.5 Å². The van der Waals surface area contributed by atoms with Crippen LogP contribution in [0.15, 0.2) is 24.3 Å². The van der Waals surface area contributed by atoms with E-state index < -0.39 is 11.9 Å². The van der Waals surface area contributed by atoms with Crippen molar-refractivity contribution in [2.24, 2.45) is 0 Å². The molecule has 0 aliphatic rings. The summed E-state index contributed by atoms with van der Waals surface area (Å²) in [6.45, 7) is 0. The molecule has 0 atom stereocenters. The third-order valence-corrected chi connectivity index (χ3v) is 3.79. The molecule has 0 heterocycles. The van der Waals surface area contributed by atoms with Crippen molar-refractivity contribution in [1.82, 2.24) is 0 Å². The van der Waals surface area contributed by atoms with Crippen molar-refractivity contribution in [2.75, 3.05) is 11.5 Å². The molecule has 0 bridgehead atoms. The van der Waals surface area contributed by atoms with E-state index in [0.29, 0.717) is 0 Å². The average Bonchev–Trinajstić information content (AvgIpc) is 2.46. The Bertz CT molecular complexity index is 744. The molecule has 24 heavy (non-hydrogen) atoms. The lowest BCUT2D eigenvalue weighted by atomic mass is 10.2. The Balaban J connectivity index is 0.000000240. The van der Waals surface area contributed by atoms with Gasteiger partial charge in [-0.2, -0.15) is 0 Å². The second kappa shape index (κ2) is 8.30. The molecule has 0 radical (unpaired) electrons. The predicted molar refractivity (Wildman–Crippen MR) is 95.7 cm³/mol. The monoisotopic (exact) mass is 410 g/mol. The standard InChI is InChI=1S/2C7H5Cl2NO2/c8-3-1-4(7(11)12)6(9)5(10)2-3;8-3-1-4(7(11)12)6(10)5(9)2-3/h2*1-2H,10H2,(H,11,12). The van der Waals surface area contributed by atoms with Crippen LogP contribution in [0.2, 0.25) is 20.1 Å². The molecule has 0 unspecified atom stereocenters. The van der Waals surface area contributed by atoms with Gasteiger partial charge < -0.3 is 21.7 Å². The topological polar surface area (TPSA) is 127 Å². The number of carboxylic acid groups (broad SMARTS) is 2. The first-order valence-electron chi connectivity index (χ1n) is 6.00. The number of benzene rings is 2. The van der Waals surface area contributed by atoms with Crippen LogP contribution in [0.5, 0.6) is 0 Å². The maximum atomic E-state index is 10.5. The number of carbonyl (C=O) groups is 2. The van der Waals surface area contributed by atoms with Gasteiger partial charge in [-0.1, -0.05) is 46.4 Å². The number of hydrogen-bond acceptors (Lipinski definition) is 4. The molecule has 2 aromatic carbocycles. The van der Waals surface area contributed by atoms with Gasteiger partial charge in [-0.3, -0.25) is 0 Å². The average molecular weight is 412 g/mol. The normalized spacial score (nSPS) is 9.83. The zero-order chi connectivity index (χ0) is 18.6. The molecule has 0 saturated carbocycles. The second-order valence-electron chi connectivity index (χ2n) is 4.32. The molecule has 6 N–H and O–H groups in total. The fourth-order valence-electron chi connectivity index (χ4n) is 1.53. The van der Waals surface area contributed by atoms with E-state index in [9.17, 15) is 9.59 Å². The highest BCUT2D eigenvalue weighted by molar-refractivity contribution is 6.38. The van der Waals surface area contributed by atoms with Crippen LogP contribution in [-0.2, 0) is 0 Å². The van der Waals surface area contributed by atoms with Crippen molar-refractivity contribution in [3.63, 3.8) is 0 Å². The summed E-state index contributed by atoms with van der Waals surface area (Å²) < 4.78 is 0. The summed E-state index contributed by atoms with van der Waals surface area (Å²) in [6.07, 6.45) is 0. The Kier molecular flexibility index (Phi) is 6.98. The molecule has 6 nitrogen and oxygen atoms in total. The van der Waals surface area contributed by atoms with E-state index >= 15 is 0 Å². The number of halogens is 4. The molecule has 0 spiro atoms. The molecule has 10 heteroatoms. The van der Waals surface area contributed by atoms with Crippen molar-refractivity contribution < 1.29 is 19.8 Å². The van der Waals surface area contributed by atoms with Crippen molar-refractivity contribution in [3.8, 4) is 0 Å². The van der Waals surface area contributed by atoms with Gasteiger partial charge in [-0.25, -0.2) is 9.59 Å². The highest BCUT2D eigenvalue weighted by atomic mass is 35.5. The summed E-state index contributed by atoms with van der Waals surface area (Å²) in [5, 5.41) is 17.9. The van der Waals surface area contributed by atoms with Crippen molar-refractivity contribution in [3.05, 3.63) is 55.5 Å². The summed E-state index contributed by atoms with van der Waals surface area (Å²) in [4.78, 5) is 21.1. The van der Waals surface area contributed by atoms with E-state index in [0.717, 1.165) is 0 Å². The van der Waals surface area contributed by atoms with Crippen LogP contribution in [-0.4, -0.2) is 22.2 Å². The number of nitrogens with two attached hydrogens (primary N) is 2. The summed E-state index contributed by atoms with van der Waals surface area (Å²) in [6, 6.07) is 5.30. The van der Waals surface area contributed by atoms with Crippen LogP contribution in [0.25, 0.3) is 0 Å². The molecule has 0 saturated heterocycles. The zero-order valence-corrected chi connectivity index (χ0v) is 14.7. The highest BCUT2D eigenvalue weighted by Crippen LogP contribution is 2.28. The van der Waals surface area contributed by atoms with Crippen LogP contribution in [0, 0.1) is 0 Å². The molecular formula is C14H10Cl4N2O4. The highest BCUT2D eigenvalue weighted by Gasteiger charge is 2.12. The Morgan fingerprint density at radius 3 is 1.75 bits per heavy atom. The lowest BCUT2D eigenvalue weighted by Crippen LogP contribution is -2.02. The number of carboxylic acids is 2. The molecule has 0 fully saturated rings. The molecular weight excluding hydrogens is 402 g/mol. The molecule has 0 aliphatic carbocycles. The van der Waals surface area contributed by atoms with Gasteiger partial charge in [-0.15, -0.1) is 0 Å². The Hall–Kier alpha value is -1.86. The van der Waals surface area contributed by atoms with Crippen molar-refractivity contribution >= 4 is 69.7 Å². The number of rotatable bonds is 2. The first-order valence-corrected chi connectivity index (χ1v) is 7.51. The third kappa shape index (κ3) is 5.07. The van der Waals surface area contributed by atoms with E-state index in [1.165, 1.54) is 24.3 Å². The fourth-order valence-corrected chi connectivity index (χ4v) is 2.44. The van der Waals surface area contributed by atoms with Crippen LogP contribution in [0.1, 0.15) is 20.7 Å². The Morgan fingerprint density at radius 2 is 1.25 bits per heavy atom. The summed E-state index contributed by atoms with van der Waals surface area (Å²) >= 11 is 22.3. The van der Waals surface area contributed by atoms with E-state index in [1.807, 2.05) is 0 Å². The molecule has 0 aliphatic heterocycles. The maximum absolute atomic E-state index is 10.5. The van der Waals surface area contributed by atoms with Gasteiger partial charge in [-0.05, 0) is 24.3 Å². The second-order valence-corrected chi connectivity index (χ2v) is 5.97. The fraction of sp³-hybridized carbons (Fsp3) is 0. The van der Waals surface area contributed by atoms with Crippen LogP contribution >= 0.6 is 46.4 Å². The summed E-state index contributed by atoms with van der Waals surface area (Å²) in [5.41, 5.74) is 10.8. The van der Waals surface area contributed by atoms with Crippen LogP contribution in [0.3, 0.4) is 0 Å². The number of anilines is 2. The summed E-state index contributed by atoms with van der Waals surface area (Å²) in [7, 11) is 0. The van der Waals surface area contributed by atoms with Crippen LogP contribution < -0.4 is 11.5 Å². The molecule has 2 rings (SSSR count). The first-order chi connectivity index (χ1) is 11.0. The number of aromatic carboxylic acids is 2. The van der Waals surface area contributed by atoms with E-state index in [1.54, 1.807) is 0 Å². The quantitative estimate of drug-likeness (QED) is 0.537. The SMILES string of the molecule is Nc1c(Cl)cc(Cl)cc1C(=O)O.Nc1cc(Cl)cc(C(=O)O)c1Cl. The lowest BCUT2D eigenvalue weighted by Gasteiger charge is -2.02. The van der Waals surface area contributed by atoms with E-state index in [4.69, 9.17) is 68.1 Å². The van der Waals surface area contributed by atoms with E-state index in [-0.39, 0.29) is 42.6 Å². The largest absolute Gasteiger partial charge is 0.478 e. The van der Waals surface area contributed by atoms with Gasteiger partial charge in [0.1, 0.15) is 0 Å². The molecule has 128 valence electrons. The minimum atomic E-state index is -1.14. The van der Waals surface area contributed by atoms with E-state index in [2.05, 4.69) is 0 Å². The van der Waals surface area contributed by atoms with Gasteiger partial charge in [0, 0.05) is 10.0 Å². The smallest absolute Gasteiger partial charge is 0.337 e. The number of nitrogen functional groups attached to an aromatic ring is 2. The first kappa shape index (κ1) is 20.2. The van der Waals surface area contributed by atoms with Crippen molar-refractivity contribution in [2.45, 2.75) is 0 Å². The van der Waals surface area contributed by atoms with Gasteiger partial charge in [0.15, 0.2) is 0 Å². The predicted octanol–water partition coefficient (Wildman–Crippen LogP) is 4.55. The van der Waals surface area contributed by atoms with Crippen molar-refractivity contribution in [1.29, 1.82) is 0 Å². The minimum Gasteiger partial charge on any atom is -0.478 e. The van der Waals surface area contributed by atoms with Gasteiger partial charge in [0.25, 0.3) is 0 Å². The Morgan fingerprint density at radius 1 is 0.792 bits per heavy atom. The third-order valence-electron chi connectivity index (χ3n) is 2.62. The number of hydrogen-bond donors (Lipinski definition) is 4.